The van der Waals surface area contributed by atoms with Crippen LogP contribution in [0.1, 0.15) is 54.9 Å². The first-order chi connectivity index (χ1) is 9.03. The first-order valence-corrected chi connectivity index (χ1v) is 13.8. The molecule has 0 radical (unpaired) electrons. The predicted octanol–water partition coefficient (Wildman–Crippen LogP) is 5.81. The Morgan fingerprint density at radius 1 is 0.950 bits per heavy atom. The van der Waals surface area contributed by atoms with E-state index >= 15 is 0 Å². The van der Waals surface area contributed by atoms with Crippen molar-refractivity contribution in [2.75, 3.05) is 6.61 Å². The third kappa shape index (κ3) is 6.00. The minimum atomic E-state index is -1.63. The standard InChI is InChI=1S/C16H38O2Si2/c1-10-20(11-2,12-3)17-14-13-15(4)18-19(8,9)16(5,6)7/h15H,10-14H2,1-9H3. The molecule has 0 spiro atoms. The molecule has 0 aromatic carbocycles. The van der Waals surface area contributed by atoms with E-state index in [4.69, 9.17) is 8.85 Å². The Bertz CT molecular complexity index is 260. The SMILES string of the molecule is CC[Si](CC)(CC)OCCC(C)O[Si](C)(C)C(C)(C)C. The van der Waals surface area contributed by atoms with Gasteiger partial charge in [-0.25, -0.2) is 0 Å². The Balaban J connectivity index is 4.28. The highest BCUT2D eigenvalue weighted by Gasteiger charge is 2.38. The van der Waals surface area contributed by atoms with Gasteiger partial charge < -0.3 is 8.85 Å². The van der Waals surface area contributed by atoms with Crippen molar-refractivity contribution in [2.24, 2.45) is 0 Å². The van der Waals surface area contributed by atoms with Crippen molar-refractivity contribution in [1.82, 2.24) is 0 Å². The van der Waals surface area contributed by atoms with Crippen LogP contribution in [0.4, 0.5) is 0 Å². The van der Waals surface area contributed by atoms with Gasteiger partial charge in [0.15, 0.2) is 16.6 Å². The summed E-state index contributed by atoms with van der Waals surface area (Å²) in [4.78, 5) is 0. The molecule has 0 aliphatic carbocycles. The van der Waals surface area contributed by atoms with E-state index in [9.17, 15) is 0 Å². The molecule has 0 aliphatic heterocycles. The highest BCUT2D eigenvalue weighted by atomic mass is 28.4. The lowest BCUT2D eigenvalue weighted by atomic mass is 10.2. The smallest absolute Gasteiger partial charge is 0.192 e. The molecule has 1 unspecified atom stereocenters. The highest BCUT2D eigenvalue weighted by Crippen LogP contribution is 2.37. The summed E-state index contributed by atoms with van der Waals surface area (Å²) in [5.74, 6) is 0. The minimum absolute atomic E-state index is 0.289. The van der Waals surface area contributed by atoms with E-state index in [2.05, 4.69) is 61.6 Å². The summed E-state index contributed by atoms with van der Waals surface area (Å²) in [6, 6.07) is 3.70. The van der Waals surface area contributed by atoms with Gasteiger partial charge in [0.05, 0.1) is 0 Å². The number of rotatable bonds is 9. The van der Waals surface area contributed by atoms with Crippen LogP contribution in [-0.4, -0.2) is 29.3 Å². The molecule has 0 aliphatic rings. The molecular weight excluding hydrogens is 280 g/mol. The normalized spacial score (nSPS) is 15.4. The minimum Gasteiger partial charge on any atom is -0.417 e. The Morgan fingerprint density at radius 3 is 1.75 bits per heavy atom. The highest BCUT2D eigenvalue weighted by molar-refractivity contribution is 6.74. The Kier molecular flexibility index (Phi) is 8.25. The first kappa shape index (κ1) is 20.4. The fourth-order valence-electron chi connectivity index (χ4n) is 2.24. The molecular formula is C16H38O2Si2. The van der Waals surface area contributed by atoms with Gasteiger partial charge in [0, 0.05) is 12.7 Å². The van der Waals surface area contributed by atoms with Crippen LogP contribution in [0.5, 0.6) is 0 Å². The van der Waals surface area contributed by atoms with Gasteiger partial charge in [0.1, 0.15) is 0 Å². The summed E-state index contributed by atoms with van der Waals surface area (Å²) in [6.07, 6.45) is 1.34. The zero-order valence-electron chi connectivity index (χ0n) is 15.4. The average Bonchev–Trinajstić information content (AvgIpc) is 2.33. The van der Waals surface area contributed by atoms with Gasteiger partial charge >= 0.3 is 0 Å². The van der Waals surface area contributed by atoms with Crippen molar-refractivity contribution in [3.63, 3.8) is 0 Å². The van der Waals surface area contributed by atoms with Crippen LogP contribution < -0.4 is 0 Å². The molecule has 1 atom stereocenters. The maximum Gasteiger partial charge on any atom is 0.192 e. The third-order valence-corrected chi connectivity index (χ3v) is 14.5. The molecule has 122 valence electrons. The molecule has 0 N–H and O–H groups in total. The summed E-state index contributed by atoms with van der Waals surface area (Å²) < 4.78 is 12.7. The summed E-state index contributed by atoms with van der Waals surface area (Å²) in [7, 11) is -3.06. The number of hydrogen-bond donors (Lipinski definition) is 0. The van der Waals surface area contributed by atoms with Crippen LogP contribution in [0.3, 0.4) is 0 Å². The largest absolute Gasteiger partial charge is 0.417 e. The first-order valence-electron chi connectivity index (χ1n) is 8.35. The van der Waals surface area contributed by atoms with Crippen molar-refractivity contribution >= 4 is 16.6 Å². The maximum atomic E-state index is 6.39. The molecule has 0 rings (SSSR count). The van der Waals surface area contributed by atoms with Crippen LogP contribution in [-0.2, 0) is 8.85 Å². The molecule has 0 saturated carbocycles. The maximum absolute atomic E-state index is 6.39. The molecule has 0 heterocycles. The lowest BCUT2D eigenvalue weighted by Crippen LogP contribution is -2.44. The fourth-order valence-corrected chi connectivity index (χ4v) is 6.38. The van der Waals surface area contributed by atoms with E-state index < -0.39 is 16.6 Å². The summed E-state index contributed by atoms with van der Waals surface area (Å²) in [5.41, 5.74) is 0. The van der Waals surface area contributed by atoms with Crippen LogP contribution in [0, 0.1) is 0 Å². The second kappa shape index (κ2) is 8.11. The van der Waals surface area contributed by atoms with Gasteiger partial charge in [-0.15, -0.1) is 0 Å². The van der Waals surface area contributed by atoms with Gasteiger partial charge in [0.25, 0.3) is 0 Å². The quantitative estimate of drug-likeness (QED) is 0.499. The Morgan fingerprint density at radius 2 is 1.40 bits per heavy atom. The molecule has 0 amide bonds. The molecule has 0 aromatic rings. The van der Waals surface area contributed by atoms with Crippen molar-refractivity contribution in [3.8, 4) is 0 Å². The van der Waals surface area contributed by atoms with E-state index in [0.29, 0.717) is 6.10 Å². The number of hydrogen-bond acceptors (Lipinski definition) is 2. The zero-order chi connectivity index (χ0) is 16.0. The molecule has 0 bridgehead atoms. The van der Waals surface area contributed by atoms with Crippen molar-refractivity contribution < 1.29 is 8.85 Å². The van der Waals surface area contributed by atoms with Crippen LogP contribution in [0.25, 0.3) is 0 Å². The van der Waals surface area contributed by atoms with Crippen LogP contribution >= 0.6 is 0 Å². The van der Waals surface area contributed by atoms with Gasteiger partial charge in [-0.2, -0.15) is 0 Å². The summed E-state index contributed by atoms with van der Waals surface area (Å²) in [5, 5.41) is 0.289. The van der Waals surface area contributed by atoms with Gasteiger partial charge in [-0.3, -0.25) is 0 Å². The molecule has 0 fully saturated rings. The monoisotopic (exact) mass is 318 g/mol. The lowest BCUT2D eigenvalue weighted by Gasteiger charge is -2.38. The van der Waals surface area contributed by atoms with Gasteiger partial charge in [0.2, 0.25) is 0 Å². The molecule has 0 saturated heterocycles. The van der Waals surface area contributed by atoms with Crippen LogP contribution in [0.2, 0.25) is 36.3 Å². The van der Waals surface area contributed by atoms with E-state index in [0.717, 1.165) is 13.0 Å². The Hall–Kier alpha value is 0.354. The van der Waals surface area contributed by atoms with E-state index in [1.165, 1.54) is 18.1 Å². The summed E-state index contributed by atoms with van der Waals surface area (Å²) >= 11 is 0. The van der Waals surface area contributed by atoms with Gasteiger partial charge in [-0.1, -0.05) is 41.5 Å². The second-order valence-electron chi connectivity index (χ2n) is 7.57. The fraction of sp³-hybridized carbons (Fsp3) is 1.00. The van der Waals surface area contributed by atoms with E-state index in [-0.39, 0.29) is 5.04 Å². The lowest BCUT2D eigenvalue weighted by molar-refractivity contribution is 0.157. The van der Waals surface area contributed by atoms with E-state index in [1.54, 1.807) is 0 Å². The Labute approximate surface area is 129 Å². The van der Waals surface area contributed by atoms with Crippen molar-refractivity contribution in [1.29, 1.82) is 0 Å². The van der Waals surface area contributed by atoms with E-state index in [1.807, 2.05) is 0 Å². The van der Waals surface area contributed by atoms with Crippen LogP contribution in [0.15, 0.2) is 0 Å². The van der Waals surface area contributed by atoms with Crippen molar-refractivity contribution in [3.05, 3.63) is 0 Å². The second-order valence-corrected chi connectivity index (χ2v) is 17.1. The topological polar surface area (TPSA) is 18.5 Å². The zero-order valence-corrected chi connectivity index (χ0v) is 17.4. The van der Waals surface area contributed by atoms with Gasteiger partial charge in [-0.05, 0) is 49.6 Å². The molecule has 20 heavy (non-hydrogen) atoms. The third-order valence-electron chi connectivity index (χ3n) is 5.17. The molecule has 4 heteroatoms. The predicted molar refractivity (Wildman–Crippen MR) is 95.5 cm³/mol. The average molecular weight is 319 g/mol. The summed E-state index contributed by atoms with van der Waals surface area (Å²) in [6.45, 7) is 21.5. The molecule has 0 aromatic heterocycles. The molecule has 2 nitrogen and oxygen atoms in total. The van der Waals surface area contributed by atoms with Crippen molar-refractivity contribution in [2.45, 2.75) is 97.3 Å².